The van der Waals surface area contributed by atoms with E-state index in [2.05, 4.69) is 25.1 Å². The Kier molecular flexibility index (Phi) is 2.28. The predicted molar refractivity (Wildman–Crippen MR) is 73.9 cm³/mol. The van der Waals surface area contributed by atoms with Crippen LogP contribution in [0.2, 0.25) is 0 Å². The fourth-order valence-electron chi connectivity index (χ4n) is 3.37. The summed E-state index contributed by atoms with van der Waals surface area (Å²) >= 11 is 0. The first kappa shape index (κ1) is 11.4. The number of fused-ring (bicyclic) bond motifs is 2. The molecule has 19 heavy (non-hydrogen) atoms. The Bertz CT molecular complexity index is 664. The number of hydrogen-bond donors (Lipinski definition) is 0. The van der Waals surface area contributed by atoms with E-state index in [1.165, 1.54) is 29.2 Å². The summed E-state index contributed by atoms with van der Waals surface area (Å²) in [5.41, 5.74) is 3.52. The predicted octanol–water partition coefficient (Wildman–Crippen LogP) is 4.48. The van der Waals surface area contributed by atoms with Crippen LogP contribution >= 0.6 is 0 Å². The molecular formula is C17H17FO. The highest BCUT2D eigenvalue weighted by atomic mass is 19.2. The second kappa shape index (κ2) is 3.80. The first-order valence-electron chi connectivity index (χ1n) is 7.13. The van der Waals surface area contributed by atoms with E-state index in [-0.39, 0.29) is 6.10 Å². The fourth-order valence-corrected chi connectivity index (χ4v) is 3.37. The van der Waals surface area contributed by atoms with E-state index in [0.29, 0.717) is 6.42 Å². The molecule has 1 aliphatic heterocycles. The third-order valence-corrected chi connectivity index (χ3v) is 4.41. The standard InChI is InChI=1S/C17H17FO/c1-2-3-5-11-8-9-12-10-17(18)16(19-17)14-7-4-6-13(11)15(12)14/h4,6-9,16H,2-3,5,10H2,1H3. The lowest BCUT2D eigenvalue weighted by Crippen LogP contribution is -2.14. The molecule has 0 bridgehead atoms. The summed E-state index contributed by atoms with van der Waals surface area (Å²) in [4.78, 5) is 0. The van der Waals surface area contributed by atoms with Crippen molar-refractivity contribution in [3.63, 3.8) is 0 Å². The first-order valence-corrected chi connectivity index (χ1v) is 7.13. The summed E-state index contributed by atoms with van der Waals surface area (Å²) < 4.78 is 19.5. The number of rotatable bonds is 3. The number of ether oxygens (including phenoxy) is 1. The molecule has 0 radical (unpaired) electrons. The van der Waals surface area contributed by atoms with Crippen molar-refractivity contribution in [3.8, 4) is 0 Å². The van der Waals surface area contributed by atoms with Gasteiger partial charge in [0, 0.05) is 6.42 Å². The quantitative estimate of drug-likeness (QED) is 0.738. The van der Waals surface area contributed by atoms with Gasteiger partial charge in [-0.3, -0.25) is 0 Å². The van der Waals surface area contributed by atoms with Crippen molar-refractivity contribution in [3.05, 3.63) is 47.0 Å². The summed E-state index contributed by atoms with van der Waals surface area (Å²) in [7, 11) is 0. The monoisotopic (exact) mass is 256 g/mol. The Balaban J connectivity index is 1.92. The van der Waals surface area contributed by atoms with Crippen LogP contribution in [0.5, 0.6) is 0 Å². The smallest absolute Gasteiger partial charge is 0.244 e. The highest BCUT2D eigenvalue weighted by Crippen LogP contribution is 2.58. The molecule has 1 heterocycles. The van der Waals surface area contributed by atoms with Gasteiger partial charge in [-0.05, 0) is 40.3 Å². The number of aryl methyl sites for hydroxylation is 1. The van der Waals surface area contributed by atoms with E-state index >= 15 is 0 Å². The molecule has 1 nitrogen and oxygen atoms in total. The van der Waals surface area contributed by atoms with E-state index in [1.54, 1.807) is 0 Å². The van der Waals surface area contributed by atoms with Crippen LogP contribution in [0.25, 0.3) is 10.8 Å². The molecule has 4 rings (SSSR count). The van der Waals surface area contributed by atoms with Gasteiger partial charge >= 0.3 is 0 Å². The number of halogens is 1. The third kappa shape index (κ3) is 1.56. The van der Waals surface area contributed by atoms with E-state index in [4.69, 9.17) is 4.74 Å². The molecule has 0 amide bonds. The summed E-state index contributed by atoms with van der Waals surface area (Å²) in [6.07, 6.45) is 3.57. The zero-order valence-electron chi connectivity index (χ0n) is 11.1. The van der Waals surface area contributed by atoms with E-state index in [1.807, 2.05) is 12.1 Å². The van der Waals surface area contributed by atoms with Gasteiger partial charge in [0.25, 0.3) is 0 Å². The minimum atomic E-state index is -1.42. The van der Waals surface area contributed by atoms with Crippen LogP contribution in [0.1, 0.15) is 42.6 Å². The first-order chi connectivity index (χ1) is 9.23. The van der Waals surface area contributed by atoms with Crippen molar-refractivity contribution in [1.29, 1.82) is 0 Å². The summed E-state index contributed by atoms with van der Waals surface area (Å²) in [5.74, 6) is -1.42. The van der Waals surface area contributed by atoms with Gasteiger partial charge in [0.2, 0.25) is 5.85 Å². The van der Waals surface area contributed by atoms with Gasteiger partial charge in [0.05, 0.1) is 0 Å². The van der Waals surface area contributed by atoms with Crippen molar-refractivity contribution < 1.29 is 9.13 Å². The molecule has 1 saturated heterocycles. The molecule has 0 saturated carbocycles. The molecule has 2 unspecified atom stereocenters. The number of benzene rings is 2. The number of unbranched alkanes of at least 4 members (excludes halogenated alkanes) is 1. The van der Waals surface area contributed by atoms with Crippen LogP contribution in [0, 0.1) is 0 Å². The van der Waals surface area contributed by atoms with Crippen LogP contribution in [0.3, 0.4) is 0 Å². The van der Waals surface area contributed by atoms with Crippen LogP contribution < -0.4 is 0 Å². The van der Waals surface area contributed by atoms with Crippen LogP contribution in [0.4, 0.5) is 4.39 Å². The van der Waals surface area contributed by atoms with Gasteiger partial charge in [-0.25, -0.2) is 4.39 Å². The van der Waals surface area contributed by atoms with E-state index < -0.39 is 5.85 Å². The zero-order valence-corrected chi connectivity index (χ0v) is 11.1. The molecule has 0 aromatic heterocycles. The Morgan fingerprint density at radius 3 is 3.05 bits per heavy atom. The Hall–Kier alpha value is -1.41. The second-order valence-corrected chi connectivity index (χ2v) is 5.72. The summed E-state index contributed by atoms with van der Waals surface area (Å²) in [6.45, 7) is 2.21. The Morgan fingerprint density at radius 2 is 2.21 bits per heavy atom. The van der Waals surface area contributed by atoms with Crippen molar-refractivity contribution in [1.82, 2.24) is 0 Å². The molecule has 2 aromatic rings. The summed E-state index contributed by atoms with van der Waals surface area (Å²) in [6, 6.07) is 10.5. The molecule has 0 N–H and O–H groups in total. The van der Waals surface area contributed by atoms with E-state index in [0.717, 1.165) is 17.5 Å². The van der Waals surface area contributed by atoms with E-state index in [9.17, 15) is 4.39 Å². The topological polar surface area (TPSA) is 12.5 Å². The average molecular weight is 256 g/mol. The van der Waals surface area contributed by atoms with Crippen molar-refractivity contribution in [2.24, 2.45) is 0 Å². The maximum absolute atomic E-state index is 14.2. The van der Waals surface area contributed by atoms with Gasteiger partial charge in [0.15, 0.2) is 0 Å². The molecule has 2 heteroatoms. The van der Waals surface area contributed by atoms with Gasteiger partial charge in [-0.2, -0.15) is 0 Å². The highest BCUT2D eigenvalue weighted by Gasteiger charge is 2.61. The maximum atomic E-state index is 14.2. The molecule has 2 aliphatic rings. The molecule has 1 fully saturated rings. The second-order valence-electron chi connectivity index (χ2n) is 5.72. The largest absolute Gasteiger partial charge is 0.329 e. The summed E-state index contributed by atoms with van der Waals surface area (Å²) in [5, 5.41) is 2.54. The highest BCUT2D eigenvalue weighted by molar-refractivity contribution is 5.93. The lowest BCUT2D eigenvalue weighted by molar-refractivity contribution is 0.141. The third-order valence-electron chi connectivity index (χ3n) is 4.41. The minimum absolute atomic E-state index is 0.329. The number of hydrogen-bond acceptors (Lipinski definition) is 1. The number of epoxide rings is 1. The average Bonchev–Trinajstić information content (AvgIpc) is 3.10. The molecule has 2 atom stereocenters. The van der Waals surface area contributed by atoms with Gasteiger partial charge in [-0.15, -0.1) is 0 Å². The minimum Gasteiger partial charge on any atom is -0.329 e. The van der Waals surface area contributed by atoms with Gasteiger partial charge < -0.3 is 4.74 Å². The maximum Gasteiger partial charge on any atom is 0.244 e. The molecular weight excluding hydrogens is 239 g/mol. The van der Waals surface area contributed by atoms with Crippen molar-refractivity contribution in [2.45, 2.75) is 44.6 Å². The normalized spacial score (nSPS) is 27.4. The Labute approximate surface area is 112 Å². The molecule has 0 spiro atoms. The van der Waals surface area contributed by atoms with Gasteiger partial charge in [-0.1, -0.05) is 43.7 Å². The molecule has 2 aromatic carbocycles. The number of alkyl halides is 1. The fraction of sp³-hybridized carbons (Fsp3) is 0.412. The van der Waals surface area contributed by atoms with Crippen LogP contribution in [-0.2, 0) is 17.6 Å². The molecule has 1 aliphatic carbocycles. The van der Waals surface area contributed by atoms with Crippen LogP contribution in [0.15, 0.2) is 30.3 Å². The lowest BCUT2D eigenvalue weighted by Gasteiger charge is -2.18. The lowest BCUT2D eigenvalue weighted by atomic mass is 9.85. The van der Waals surface area contributed by atoms with Crippen molar-refractivity contribution >= 4 is 10.8 Å². The molecule has 98 valence electrons. The zero-order chi connectivity index (χ0) is 13.0. The van der Waals surface area contributed by atoms with Crippen molar-refractivity contribution in [2.75, 3.05) is 0 Å². The Morgan fingerprint density at radius 1 is 1.32 bits per heavy atom. The SMILES string of the molecule is CCCCc1ccc2c3c(cccc13)C1OC1(F)C2. The van der Waals surface area contributed by atoms with Gasteiger partial charge in [0.1, 0.15) is 6.10 Å². The van der Waals surface area contributed by atoms with Crippen LogP contribution in [-0.4, -0.2) is 5.85 Å².